The van der Waals surface area contributed by atoms with E-state index < -0.39 is 0 Å². The number of nitrogens with zero attached hydrogens (tertiary/aromatic N) is 4. The van der Waals surface area contributed by atoms with Crippen LogP contribution in [0.2, 0.25) is 0 Å². The molecule has 102 valence electrons. The maximum Gasteiger partial charge on any atom is 0.191 e. The highest BCUT2D eigenvalue weighted by molar-refractivity contribution is 14.0. The van der Waals surface area contributed by atoms with Crippen LogP contribution in [0.25, 0.3) is 0 Å². The minimum absolute atomic E-state index is 0. The molecular weight excluding hydrogens is 361 g/mol. The molecule has 18 heavy (non-hydrogen) atoms. The molecule has 0 saturated carbocycles. The molecule has 7 heteroatoms. The van der Waals surface area contributed by atoms with Gasteiger partial charge in [0.25, 0.3) is 0 Å². The van der Waals surface area contributed by atoms with Gasteiger partial charge in [-0.3, -0.25) is 9.67 Å². The van der Waals surface area contributed by atoms with Gasteiger partial charge >= 0.3 is 0 Å². The summed E-state index contributed by atoms with van der Waals surface area (Å²) in [5, 5.41) is 4.31. The lowest BCUT2D eigenvalue weighted by molar-refractivity contribution is 0.456. The second kappa shape index (κ2) is 7.88. The third-order valence-electron chi connectivity index (χ3n) is 2.75. The Morgan fingerprint density at radius 2 is 2.22 bits per heavy atom. The van der Waals surface area contributed by atoms with Crippen molar-refractivity contribution in [3.8, 4) is 0 Å². The lowest BCUT2D eigenvalue weighted by Crippen LogP contribution is -2.42. The van der Waals surface area contributed by atoms with Crippen molar-refractivity contribution in [3.05, 3.63) is 18.0 Å². The van der Waals surface area contributed by atoms with Gasteiger partial charge in [-0.25, -0.2) is 0 Å². The third kappa shape index (κ3) is 4.68. The summed E-state index contributed by atoms with van der Waals surface area (Å²) < 4.78 is 1.81. The number of hydrogen-bond donors (Lipinski definition) is 1. The zero-order valence-corrected chi connectivity index (χ0v) is 13.7. The van der Waals surface area contributed by atoms with Crippen LogP contribution in [0.1, 0.15) is 5.69 Å². The van der Waals surface area contributed by atoms with E-state index >= 15 is 0 Å². The SMILES string of the molecule is Cn1ccc(CCN=C(N)N2CCSCC2)n1.I. The highest BCUT2D eigenvalue weighted by atomic mass is 127. The van der Waals surface area contributed by atoms with Crippen LogP contribution >= 0.6 is 35.7 Å². The Balaban J connectivity index is 0.00000162. The summed E-state index contributed by atoms with van der Waals surface area (Å²) in [6.45, 7) is 2.75. The molecule has 0 aromatic carbocycles. The Labute approximate surface area is 129 Å². The Kier molecular flexibility index (Phi) is 6.83. The van der Waals surface area contributed by atoms with Gasteiger partial charge in [0.15, 0.2) is 5.96 Å². The van der Waals surface area contributed by atoms with Crippen LogP contribution in [0.3, 0.4) is 0 Å². The topological polar surface area (TPSA) is 59.4 Å². The van der Waals surface area contributed by atoms with Crippen molar-refractivity contribution < 1.29 is 0 Å². The molecule has 1 aliphatic rings. The minimum Gasteiger partial charge on any atom is -0.370 e. The maximum atomic E-state index is 5.96. The fourth-order valence-corrected chi connectivity index (χ4v) is 2.68. The summed E-state index contributed by atoms with van der Waals surface area (Å²) in [7, 11) is 1.92. The van der Waals surface area contributed by atoms with E-state index in [4.69, 9.17) is 5.73 Å². The number of nitrogens with two attached hydrogens (primary N) is 1. The van der Waals surface area contributed by atoms with E-state index in [2.05, 4.69) is 15.0 Å². The zero-order valence-electron chi connectivity index (χ0n) is 10.6. The van der Waals surface area contributed by atoms with Gasteiger partial charge in [-0.2, -0.15) is 16.9 Å². The number of hydrogen-bond acceptors (Lipinski definition) is 3. The normalized spacial score (nSPS) is 16.5. The molecule has 2 N–H and O–H groups in total. The van der Waals surface area contributed by atoms with Gasteiger partial charge in [-0.1, -0.05) is 0 Å². The fourth-order valence-electron chi connectivity index (χ4n) is 1.77. The van der Waals surface area contributed by atoms with Crippen LogP contribution in [0, 0.1) is 0 Å². The van der Waals surface area contributed by atoms with E-state index in [9.17, 15) is 0 Å². The van der Waals surface area contributed by atoms with E-state index in [0.717, 1.165) is 36.7 Å². The second-order valence-electron chi connectivity index (χ2n) is 4.07. The van der Waals surface area contributed by atoms with Crippen molar-refractivity contribution >= 4 is 41.7 Å². The van der Waals surface area contributed by atoms with Crippen molar-refractivity contribution in [2.75, 3.05) is 31.1 Å². The summed E-state index contributed by atoms with van der Waals surface area (Å²) in [5.74, 6) is 2.98. The summed E-state index contributed by atoms with van der Waals surface area (Å²) in [5.41, 5.74) is 7.03. The Morgan fingerprint density at radius 1 is 1.50 bits per heavy atom. The van der Waals surface area contributed by atoms with Crippen LogP contribution in [-0.4, -0.2) is 51.8 Å². The first-order valence-electron chi connectivity index (χ1n) is 5.87. The molecule has 1 aliphatic heterocycles. The summed E-state index contributed by atoms with van der Waals surface area (Å²) in [4.78, 5) is 6.58. The number of halogens is 1. The molecule has 2 heterocycles. The van der Waals surface area contributed by atoms with Crippen molar-refractivity contribution in [1.82, 2.24) is 14.7 Å². The molecule has 0 bridgehead atoms. The number of thioether (sulfide) groups is 1. The molecule has 0 spiro atoms. The highest BCUT2D eigenvalue weighted by Crippen LogP contribution is 2.08. The lowest BCUT2D eigenvalue weighted by atomic mass is 10.3. The predicted molar refractivity (Wildman–Crippen MR) is 87.7 cm³/mol. The van der Waals surface area contributed by atoms with Gasteiger partial charge in [0.05, 0.1) is 5.69 Å². The fraction of sp³-hybridized carbons (Fsp3) is 0.636. The Hall–Kier alpha value is -0.440. The molecule has 0 atom stereocenters. The van der Waals surface area contributed by atoms with E-state index in [1.54, 1.807) is 0 Å². The van der Waals surface area contributed by atoms with Gasteiger partial charge in [-0.05, 0) is 6.07 Å². The molecular formula is C11H20IN5S. The second-order valence-corrected chi connectivity index (χ2v) is 5.29. The Bertz CT molecular complexity index is 387. The average Bonchev–Trinajstić information content (AvgIpc) is 2.76. The standard InChI is InChI=1S/C11H19N5S.HI/c1-15-5-3-10(14-15)2-4-13-11(12)16-6-8-17-9-7-16;/h3,5H,2,4,6-9H2,1H3,(H2,12,13);1H. The largest absolute Gasteiger partial charge is 0.370 e. The smallest absolute Gasteiger partial charge is 0.191 e. The Morgan fingerprint density at radius 3 is 2.83 bits per heavy atom. The first-order valence-corrected chi connectivity index (χ1v) is 7.02. The zero-order chi connectivity index (χ0) is 12.1. The van der Waals surface area contributed by atoms with E-state index in [0.29, 0.717) is 12.5 Å². The summed E-state index contributed by atoms with van der Waals surface area (Å²) in [6.07, 6.45) is 2.80. The number of rotatable bonds is 3. The molecule has 2 rings (SSSR count). The maximum absolute atomic E-state index is 5.96. The molecule has 5 nitrogen and oxygen atoms in total. The monoisotopic (exact) mass is 381 g/mol. The lowest BCUT2D eigenvalue weighted by Gasteiger charge is -2.27. The first kappa shape index (κ1) is 15.6. The van der Waals surface area contributed by atoms with Gasteiger partial charge in [0.1, 0.15) is 0 Å². The number of guanidine groups is 1. The van der Waals surface area contributed by atoms with Gasteiger partial charge in [-0.15, -0.1) is 24.0 Å². The predicted octanol–water partition coefficient (Wildman–Crippen LogP) is 0.944. The van der Waals surface area contributed by atoms with E-state index in [1.165, 1.54) is 0 Å². The first-order chi connectivity index (χ1) is 8.25. The molecule has 0 amide bonds. The van der Waals surface area contributed by atoms with Crippen molar-refractivity contribution in [2.24, 2.45) is 17.8 Å². The van der Waals surface area contributed by atoms with Crippen LogP contribution in [0.5, 0.6) is 0 Å². The highest BCUT2D eigenvalue weighted by Gasteiger charge is 2.11. The van der Waals surface area contributed by atoms with Gasteiger partial charge in [0, 0.05) is 50.8 Å². The summed E-state index contributed by atoms with van der Waals surface area (Å²) in [6, 6.07) is 2.02. The van der Waals surface area contributed by atoms with Crippen LogP contribution in [-0.2, 0) is 13.5 Å². The van der Waals surface area contributed by atoms with Crippen molar-refractivity contribution in [1.29, 1.82) is 0 Å². The van der Waals surface area contributed by atoms with E-state index in [1.807, 2.05) is 35.8 Å². The van der Waals surface area contributed by atoms with Crippen molar-refractivity contribution in [3.63, 3.8) is 0 Å². The quantitative estimate of drug-likeness (QED) is 0.481. The van der Waals surface area contributed by atoms with Gasteiger partial charge in [0.2, 0.25) is 0 Å². The molecule has 1 saturated heterocycles. The van der Waals surface area contributed by atoms with Crippen molar-refractivity contribution in [2.45, 2.75) is 6.42 Å². The van der Waals surface area contributed by atoms with Crippen LogP contribution in [0.4, 0.5) is 0 Å². The molecule has 0 unspecified atom stereocenters. The van der Waals surface area contributed by atoms with Crippen LogP contribution < -0.4 is 5.73 Å². The van der Waals surface area contributed by atoms with Gasteiger partial charge < -0.3 is 10.6 Å². The molecule has 0 radical (unpaired) electrons. The van der Waals surface area contributed by atoms with E-state index in [-0.39, 0.29) is 24.0 Å². The number of aromatic nitrogens is 2. The molecule has 0 aliphatic carbocycles. The third-order valence-corrected chi connectivity index (χ3v) is 3.69. The average molecular weight is 381 g/mol. The number of aryl methyl sites for hydroxylation is 1. The number of aliphatic imine (C=N–C) groups is 1. The molecule has 1 aromatic rings. The molecule has 1 aromatic heterocycles. The minimum atomic E-state index is 0. The summed E-state index contributed by atoms with van der Waals surface area (Å²) >= 11 is 1.97. The van der Waals surface area contributed by atoms with Crippen LogP contribution in [0.15, 0.2) is 17.3 Å². The molecule has 1 fully saturated rings.